The van der Waals surface area contributed by atoms with Crippen LogP contribution < -0.4 is 0 Å². The number of allylic oxidation sites excluding steroid dienone is 2. The molecular weight excluding hydrogens is 320 g/mol. The fraction of sp³-hybridized carbons (Fsp3) is 0.250. The molecule has 2 saturated carbocycles. The molecule has 1 spiro atoms. The first-order valence-corrected chi connectivity index (χ1v) is 9.26. The van der Waals surface area contributed by atoms with Gasteiger partial charge in [0.1, 0.15) is 11.6 Å². The van der Waals surface area contributed by atoms with Crippen LogP contribution in [0.1, 0.15) is 43.2 Å². The highest BCUT2D eigenvalue weighted by atomic mass is 16.2. The zero-order valence-electron chi connectivity index (χ0n) is 14.8. The summed E-state index contributed by atoms with van der Waals surface area (Å²) in [6.07, 6.45) is 7.12. The van der Waals surface area contributed by atoms with Crippen molar-refractivity contribution in [3.8, 4) is 0 Å². The molecule has 0 atom stereocenters. The second kappa shape index (κ2) is 6.87. The summed E-state index contributed by atoms with van der Waals surface area (Å²) in [6, 6.07) is 20.3. The minimum absolute atomic E-state index is 0.129. The smallest absolute Gasteiger partial charge is 0.147 e. The lowest BCUT2D eigenvalue weighted by Gasteiger charge is -2.29. The third kappa shape index (κ3) is 3.08. The maximum atomic E-state index is 12.7. The molecule has 0 amide bonds. The number of ketones is 2. The number of carbonyl (C=O) groups is 2. The van der Waals surface area contributed by atoms with Crippen molar-refractivity contribution in [2.24, 2.45) is 5.41 Å². The molecule has 0 radical (unpaired) electrons. The van der Waals surface area contributed by atoms with Gasteiger partial charge >= 0.3 is 0 Å². The topological polar surface area (TPSA) is 34.1 Å². The molecule has 130 valence electrons. The summed E-state index contributed by atoms with van der Waals surface area (Å²) in [4.78, 5) is 25.5. The largest absolute Gasteiger partial charge is 0.299 e. The van der Waals surface area contributed by atoms with E-state index in [4.69, 9.17) is 0 Å². The van der Waals surface area contributed by atoms with E-state index in [0.717, 1.165) is 22.3 Å². The lowest BCUT2D eigenvalue weighted by atomic mass is 9.70. The summed E-state index contributed by atoms with van der Waals surface area (Å²) < 4.78 is 0. The first-order chi connectivity index (χ1) is 12.7. The van der Waals surface area contributed by atoms with E-state index in [1.165, 1.54) is 0 Å². The Bertz CT molecular complexity index is 813. The lowest BCUT2D eigenvalue weighted by molar-refractivity contribution is -0.143. The van der Waals surface area contributed by atoms with Crippen LogP contribution in [0, 0.1) is 5.41 Å². The van der Waals surface area contributed by atoms with Gasteiger partial charge in [0.05, 0.1) is 5.41 Å². The Hall–Kier alpha value is -2.74. The summed E-state index contributed by atoms with van der Waals surface area (Å²) in [5, 5.41) is 0. The molecule has 0 N–H and O–H groups in total. The molecule has 2 nitrogen and oxygen atoms in total. The van der Waals surface area contributed by atoms with Crippen LogP contribution in [0.3, 0.4) is 0 Å². The van der Waals surface area contributed by atoms with Crippen molar-refractivity contribution in [1.82, 2.24) is 0 Å². The third-order valence-corrected chi connectivity index (χ3v) is 5.55. The van der Waals surface area contributed by atoms with Gasteiger partial charge in [-0.2, -0.15) is 0 Å². The van der Waals surface area contributed by atoms with Gasteiger partial charge in [0.25, 0.3) is 0 Å². The summed E-state index contributed by atoms with van der Waals surface area (Å²) in [7, 11) is 0. The van der Waals surface area contributed by atoms with Crippen LogP contribution in [-0.4, -0.2) is 11.6 Å². The fourth-order valence-electron chi connectivity index (χ4n) is 4.17. The quantitative estimate of drug-likeness (QED) is 0.698. The number of benzene rings is 2. The Labute approximate surface area is 154 Å². The van der Waals surface area contributed by atoms with E-state index >= 15 is 0 Å². The molecule has 0 heterocycles. The zero-order valence-corrected chi connectivity index (χ0v) is 14.8. The molecular formula is C24H22O2. The van der Waals surface area contributed by atoms with Crippen LogP contribution in [-0.2, 0) is 9.59 Å². The van der Waals surface area contributed by atoms with E-state index < -0.39 is 5.41 Å². The van der Waals surface area contributed by atoms with Gasteiger partial charge in [0, 0.05) is 12.8 Å². The van der Waals surface area contributed by atoms with Crippen LogP contribution in [0.2, 0.25) is 0 Å². The van der Waals surface area contributed by atoms with E-state index in [9.17, 15) is 9.59 Å². The minimum atomic E-state index is -0.820. The lowest BCUT2D eigenvalue weighted by Crippen LogP contribution is -2.40. The fourth-order valence-corrected chi connectivity index (χ4v) is 4.17. The Morgan fingerprint density at radius 2 is 1.08 bits per heavy atom. The number of Topliss-reactive ketones (excluding diaryl/α,β-unsaturated/α-hetero) is 2. The molecule has 26 heavy (non-hydrogen) atoms. The van der Waals surface area contributed by atoms with Gasteiger partial charge in [0.15, 0.2) is 0 Å². The van der Waals surface area contributed by atoms with Gasteiger partial charge in [-0.1, -0.05) is 72.8 Å². The highest BCUT2D eigenvalue weighted by Crippen LogP contribution is 2.50. The number of rotatable bonds is 2. The van der Waals surface area contributed by atoms with Crippen LogP contribution in [0.5, 0.6) is 0 Å². The van der Waals surface area contributed by atoms with E-state index in [0.29, 0.717) is 32.1 Å². The SMILES string of the molecule is O=C1CCCC(=O)C12CC(=C/c1ccccc1)/C(=C/c1ccccc1)C2. The van der Waals surface area contributed by atoms with Crippen molar-refractivity contribution in [1.29, 1.82) is 0 Å². The normalized spacial score (nSPS) is 22.5. The van der Waals surface area contributed by atoms with Crippen molar-refractivity contribution < 1.29 is 9.59 Å². The van der Waals surface area contributed by atoms with Gasteiger partial charge in [0.2, 0.25) is 0 Å². The second-order valence-electron chi connectivity index (χ2n) is 7.30. The summed E-state index contributed by atoms with van der Waals surface area (Å²) in [6.45, 7) is 0. The van der Waals surface area contributed by atoms with E-state index in [2.05, 4.69) is 36.4 Å². The Kier molecular flexibility index (Phi) is 4.42. The van der Waals surface area contributed by atoms with Crippen LogP contribution in [0.25, 0.3) is 12.2 Å². The van der Waals surface area contributed by atoms with Crippen LogP contribution in [0.15, 0.2) is 71.8 Å². The predicted octanol–water partition coefficient (Wildman–Crippen LogP) is 5.26. The summed E-state index contributed by atoms with van der Waals surface area (Å²) >= 11 is 0. The van der Waals surface area contributed by atoms with Crippen molar-refractivity contribution in [3.63, 3.8) is 0 Å². The van der Waals surface area contributed by atoms with E-state index in [1.807, 2.05) is 36.4 Å². The van der Waals surface area contributed by atoms with Gasteiger partial charge < -0.3 is 0 Å². The minimum Gasteiger partial charge on any atom is -0.299 e. The number of hydrogen-bond acceptors (Lipinski definition) is 2. The molecule has 0 aromatic heterocycles. The van der Waals surface area contributed by atoms with Crippen LogP contribution >= 0.6 is 0 Å². The van der Waals surface area contributed by atoms with Crippen molar-refractivity contribution in [2.75, 3.05) is 0 Å². The molecule has 2 aromatic rings. The van der Waals surface area contributed by atoms with Crippen LogP contribution in [0.4, 0.5) is 0 Å². The maximum Gasteiger partial charge on any atom is 0.147 e. The molecule has 0 unspecified atom stereocenters. The summed E-state index contributed by atoms with van der Waals surface area (Å²) in [5.74, 6) is 0.258. The van der Waals surface area contributed by atoms with Crippen molar-refractivity contribution >= 4 is 23.7 Å². The Morgan fingerprint density at radius 1 is 0.654 bits per heavy atom. The highest BCUT2D eigenvalue weighted by Gasteiger charge is 2.51. The third-order valence-electron chi connectivity index (χ3n) is 5.55. The second-order valence-corrected chi connectivity index (χ2v) is 7.30. The van der Waals surface area contributed by atoms with E-state index in [1.54, 1.807) is 0 Å². The highest BCUT2D eigenvalue weighted by molar-refractivity contribution is 6.10. The maximum absolute atomic E-state index is 12.7. The summed E-state index contributed by atoms with van der Waals surface area (Å²) in [5.41, 5.74) is 3.62. The average molecular weight is 342 g/mol. The predicted molar refractivity (Wildman–Crippen MR) is 104 cm³/mol. The first-order valence-electron chi connectivity index (χ1n) is 9.26. The average Bonchev–Trinajstić information content (AvgIpc) is 3.01. The number of hydrogen-bond donors (Lipinski definition) is 0. The van der Waals surface area contributed by atoms with Gasteiger partial charge in [-0.15, -0.1) is 0 Å². The molecule has 0 bridgehead atoms. The zero-order chi connectivity index (χ0) is 18.0. The first kappa shape index (κ1) is 16.7. The molecule has 2 aromatic carbocycles. The van der Waals surface area contributed by atoms with E-state index in [-0.39, 0.29) is 11.6 Å². The standard InChI is InChI=1S/C24H22O2/c25-22-12-7-13-23(26)24(22)16-20(14-18-8-3-1-4-9-18)21(17-24)15-19-10-5-2-6-11-19/h1-6,8-11,14-15H,7,12-13,16-17H2/b20-14-,21-15+. The van der Waals surface area contributed by atoms with Crippen molar-refractivity contribution in [3.05, 3.63) is 82.9 Å². The molecule has 2 fully saturated rings. The van der Waals surface area contributed by atoms with Gasteiger partial charge in [-0.3, -0.25) is 9.59 Å². The number of carbonyl (C=O) groups excluding carboxylic acids is 2. The molecule has 0 saturated heterocycles. The van der Waals surface area contributed by atoms with Crippen molar-refractivity contribution in [2.45, 2.75) is 32.1 Å². The molecule has 2 aliphatic rings. The molecule has 0 aliphatic heterocycles. The Balaban J connectivity index is 1.79. The monoisotopic (exact) mass is 342 g/mol. The Morgan fingerprint density at radius 3 is 1.50 bits per heavy atom. The van der Waals surface area contributed by atoms with Gasteiger partial charge in [-0.05, 0) is 41.5 Å². The molecule has 2 aliphatic carbocycles. The van der Waals surface area contributed by atoms with Gasteiger partial charge in [-0.25, -0.2) is 0 Å². The molecule has 2 heteroatoms. The molecule has 4 rings (SSSR count).